The average molecular weight is 383 g/mol. The molecular weight excluding hydrogens is 360 g/mol. The number of rotatable bonds is 4. The molecule has 2 heterocycles. The van der Waals surface area contributed by atoms with Gasteiger partial charge < -0.3 is 15.5 Å². The maximum absolute atomic E-state index is 10.4. The molecule has 0 saturated carbocycles. The molecule has 0 aliphatic carbocycles. The predicted molar refractivity (Wildman–Crippen MR) is 109 cm³/mol. The molecule has 27 heavy (non-hydrogen) atoms. The van der Waals surface area contributed by atoms with E-state index in [1.54, 1.807) is 0 Å². The quantitative estimate of drug-likeness (QED) is 0.638. The number of hydrogen-bond donors (Lipinski definition) is 3. The number of nitrogens with zero attached hydrogens (tertiary/aromatic N) is 1. The number of nitrogens with one attached hydrogen (secondary N) is 1. The summed E-state index contributed by atoms with van der Waals surface area (Å²) in [6.45, 7) is 0.697. The second kappa shape index (κ2) is 7.56. The van der Waals surface area contributed by atoms with Crippen molar-refractivity contribution < 1.29 is 10.2 Å². The van der Waals surface area contributed by atoms with Crippen molar-refractivity contribution in [3.63, 3.8) is 0 Å². The van der Waals surface area contributed by atoms with Gasteiger partial charge in [0.2, 0.25) is 0 Å². The minimum atomic E-state index is -0.610. The van der Waals surface area contributed by atoms with Gasteiger partial charge in [-0.3, -0.25) is 4.98 Å². The van der Waals surface area contributed by atoms with Gasteiger partial charge in [0.25, 0.3) is 0 Å². The van der Waals surface area contributed by atoms with E-state index in [0.717, 1.165) is 59.1 Å². The number of para-hydroxylation sites is 1. The molecular formula is C22H23ClN2O2. The summed E-state index contributed by atoms with van der Waals surface area (Å²) in [6.07, 6.45) is 2.91. The molecule has 140 valence electrons. The Morgan fingerprint density at radius 1 is 1.04 bits per heavy atom. The smallest absolute Gasteiger partial charge is 0.0849 e. The van der Waals surface area contributed by atoms with Crippen molar-refractivity contribution in [2.75, 3.05) is 13.2 Å². The highest BCUT2D eigenvalue weighted by Crippen LogP contribution is 2.40. The Morgan fingerprint density at radius 2 is 1.81 bits per heavy atom. The maximum Gasteiger partial charge on any atom is 0.0849 e. The van der Waals surface area contributed by atoms with Gasteiger partial charge in [-0.1, -0.05) is 41.9 Å². The number of pyridine rings is 1. The lowest BCUT2D eigenvalue weighted by Gasteiger charge is -2.38. The van der Waals surface area contributed by atoms with Gasteiger partial charge in [0.1, 0.15) is 0 Å². The van der Waals surface area contributed by atoms with Crippen molar-refractivity contribution in [1.29, 1.82) is 0 Å². The lowest BCUT2D eigenvalue weighted by atomic mass is 9.80. The Bertz CT molecular complexity index is 950. The van der Waals surface area contributed by atoms with Crippen LogP contribution in [0.25, 0.3) is 22.0 Å². The maximum atomic E-state index is 10.4. The van der Waals surface area contributed by atoms with E-state index in [2.05, 4.69) is 5.32 Å². The lowest BCUT2D eigenvalue weighted by molar-refractivity contribution is 0.128. The van der Waals surface area contributed by atoms with Crippen LogP contribution in [0.5, 0.6) is 0 Å². The largest absolute Gasteiger partial charge is 0.394 e. The molecule has 1 unspecified atom stereocenters. The third-order valence-corrected chi connectivity index (χ3v) is 5.76. The molecule has 1 aromatic heterocycles. The number of aromatic nitrogens is 1. The molecule has 0 spiro atoms. The van der Waals surface area contributed by atoms with E-state index in [1.165, 1.54) is 0 Å². The molecule has 4 nitrogen and oxygen atoms in total. The number of fused-ring (bicyclic) bond motifs is 1. The van der Waals surface area contributed by atoms with Gasteiger partial charge in [0, 0.05) is 16.0 Å². The SMILES string of the molecule is OCc1c(-c2ccc(Cl)cc2)c(C2(CO)CCCCN2)nc2ccccc12. The Kier molecular flexibility index (Phi) is 5.15. The van der Waals surface area contributed by atoms with Gasteiger partial charge in [-0.25, -0.2) is 0 Å². The second-order valence-corrected chi connectivity index (χ2v) is 7.56. The first kappa shape index (κ1) is 18.4. The highest BCUT2D eigenvalue weighted by Gasteiger charge is 2.38. The Balaban J connectivity index is 2.06. The van der Waals surface area contributed by atoms with E-state index in [1.807, 2.05) is 48.5 Å². The fourth-order valence-electron chi connectivity index (χ4n) is 4.10. The Hall–Kier alpha value is -1.98. The summed E-state index contributed by atoms with van der Waals surface area (Å²) in [4.78, 5) is 4.98. The van der Waals surface area contributed by atoms with Crippen molar-refractivity contribution in [2.24, 2.45) is 0 Å². The van der Waals surface area contributed by atoms with Crippen molar-refractivity contribution in [3.8, 4) is 11.1 Å². The van der Waals surface area contributed by atoms with E-state index in [4.69, 9.17) is 16.6 Å². The van der Waals surface area contributed by atoms with E-state index in [0.29, 0.717) is 5.02 Å². The van der Waals surface area contributed by atoms with Crippen LogP contribution in [0, 0.1) is 0 Å². The van der Waals surface area contributed by atoms with Crippen LogP contribution in [0.3, 0.4) is 0 Å². The van der Waals surface area contributed by atoms with Crippen LogP contribution in [-0.4, -0.2) is 28.3 Å². The normalized spacial score (nSPS) is 20.1. The number of aliphatic hydroxyl groups is 2. The molecule has 1 aliphatic heterocycles. The lowest BCUT2D eigenvalue weighted by Crippen LogP contribution is -2.49. The summed E-state index contributed by atoms with van der Waals surface area (Å²) in [6, 6.07) is 15.4. The van der Waals surface area contributed by atoms with Gasteiger partial charge in [0.15, 0.2) is 0 Å². The van der Waals surface area contributed by atoms with E-state index in [-0.39, 0.29) is 13.2 Å². The molecule has 3 aromatic rings. The molecule has 1 atom stereocenters. The fraction of sp³-hybridized carbons (Fsp3) is 0.318. The summed E-state index contributed by atoms with van der Waals surface area (Å²) in [5, 5.41) is 25.7. The van der Waals surface area contributed by atoms with Gasteiger partial charge in [-0.05, 0) is 55.1 Å². The van der Waals surface area contributed by atoms with Crippen molar-refractivity contribution in [2.45, 2.75) is 31.4 Å². The first-order valence-electron chi connectivity index (χ1n) is 9.33. The minimum Gasteiger partial charge on any atom is -0.394 e. The van der Waals surface area contributed by atoms with Crippen molar-refractivity contribution in [1.82, 2.24) is 10.3 Å². The van der Waals surface area contributed by atoms with Crippen LogP contribution in [-0.2, 0) is 12.1 Å². The monoisotopic (exact) mass is 382 g/mol. The van der Waals surface area contributed by atoms with Crippen LogP contribution in [0.1, 0.15) is 30.5 Å². The van der Waals surface area contributed by atoms with Crippen molar-refractivity contribution in [3.05, 3.63) is 64.8 Å². The second-order valence-electron chi connectivity index (χ2n) is 7.12. The summed E-state index contributed by atoms with van der Waals surface area (Å²) in [5.41, 5.74) is 3.68. The Morgan fingerprint density at radius 3 is 2.48 bits per heavy atom. The number of aliphatic hydroxyl groups excluding tert-OH is 2. The molecule has 1 aliphatic rings. The van der Waals surface area contributed by atoms with Gasteiger partial charge in [-0.15, -0.1) is 0 Å². The zero-order valence-corrected chi connectivity index (χ0v) is 15.8. The number of piperidine rings is 1. The van der Waals surface area contributed by atoms with Crippen LogP contribution >= 0.6 is 11.6 Å². The minimum absolute atomic E-state index is 0.0379. The van der Waals surface area contributed by atoms with E-state index < -0.39 is 5.54 Å². The van der Waals surface area contributed by atoms with Crippen LogP contribution < -0.4 is 5.32 Å². The molecule has 0 radical (unpaired) electrons. The fourth-order valence-corrected chi connectivity index (χ4v) is 4.22. The predicted octanol–water partition coefficient (Wildman–Crippen LogP) is 4.01. The number of halogens is 1. The molecule has 2 aromatic carbocycles. The third-order valence-electron chi connectivity index (χ3n) is 5.51. The number of hydrogen-bond acceptors (Lipinski definition) is 4. The number of benzene rings is 2. The van der Waals surface area contributed by atoms with Crippen LogP contribution in [0.2, 0.25) is 5.02 Å². The van der Waals surface area contributed by atoms with Crippen LogP contribution in [0.4, 0.5) is 0 Å². The highest BCUT2D eigenvalue weighted by atomic mass is 35.5. The first-order chi connectivity index (χ1) is 13.2. The standard InChI is InChI=1S/C22H23ClN2O2/c23-16-9-7-15(8-10-16)20-18(13-26)17-5-1-2-6-19(17)25-21(20)22(14-27)11-3-4-12-24-22/h1-2,5-10,24,26-27H,3-4,11-14H2. The van der Waals surface area contributed by atoms with Crippen LogP contribution in [0.15, 0.2) is 48.5 Å². The summed E-state index contributed by atoms with van der Waals surface area (Å²) in [5.74, 6) is 0. The summed E-state index contributed by atoms with van der Waals surface area (Å²) >= 11 is 6.09. The third kappa shape index (κ3) is 3.23. The van der Waals surface area contributed by atoms with Gasteiger partial charge in [0.05, 0.1) is 30.0 Å². The summed E-state index contributed by atoms with van der Waals surface area (Å²) < 4.78 is 0. The summed E-state index contributed by atoms with van der Waals surface area (Å²) in [7, 11) is 0. The topological polar surface area (TPSA) is 65.4 Å². The molecule has 4 rings (SSSR count). The highest BCUT2D eigenvalue weighted by molar-refractivity contribution is 6.30. The zero-order valence-electron chi connectivity index (χ0n) is 15.1. The van der Waals surface area contributed by atoms with Crippen molar-refractivity contribution >= 4 is 22.5 Å². The molecule has 1 saturated heterocycles. The van der Waals surface area contributed by atoms with E-state index in [9.17, 15) is 10.2 Å². The van der Waals surface area contributed by atoms with Gasteiger partial charge in [-0.2, -0.15) is 0 Å². The molecule has 5 heteroatoms. The zero-order chi connectivity index (χ0) is 18.9. The molecule has 0 bridgehead atoms. The van der Waals surface area contributed by atoms with Gasteiger partial charge >= 0.3 is 0 Å². The first-order valence-corrected chi connectivity index (χ1v) is 9.71. The molecule has 3 N–H and O–H groups in total. The average Bonchev–Trinajstić information content (AvgIpc) is 2.73. The molecule has 1 fully saturated rings. The molecule has 0 amide bonds. The Labute approximate surface area is 163 Å². The van der Waals surface area contributed by atoms with E-state index >= 15 is 0 Å².